The van der Waals surface area contributed by atoms with Crippen molar-refractivity contribution in [2.75, 3.05) is 50.6 Å². The van der Waals surface area contributed by atoms with E-state index in [2.05, 4.69) is 32.1 Å². The fraction of sp³-hybridized carbons (Fsp3) is 0.381. The number of benzene rings is 1. The maximum atomic E-state index is 13.1. The molecule has 0 aliphatic carbocycles. The lowest BCUT2D eigenvalue weighted by Crippen LogP contribution is -2.44. The Hall–Kier alpha value is -2.71. The van der Waals surface area contributed by atoms with Crippen molar-refractivity contribution in [1.82, 2.24) is 14.9 Å². The van der Waals surface area contributed by atoms with Gasteiger partial charge in [0.15, 0.2) is 0 Å². The number of ether oxygens (including phenoxy) is 1. The summed E-state index contributed by atoms with van der Waals surface area (Å²) < 4.78 is 5.39. The normalized spacial score (nSPS) is 15.0. The van der Waals surface area contributed by atoms with Gasteiger partial charge in [0.25, 0.3) is 5.91 Å². The Labute approximate surface area is 174 Å². The molecule has 3 heterocycles. The molecule has 29 heavy (non-hydrogen) atoms. The van der Waals surface area contributed by atoms with Gasteiger partial charge in [-0.3, -0.25) is 4.79 Å². The van der Waals surface area contributed by atoms with Crippen molar-refractivity contribution in [3.63, 3.8) is 0 Å². The van der Waals surface area contributed by atoms with Crippen molar-refractivity contribution in [3.8, 4) is 5.75 Å². The van der Waals surface area contributed by atoms with Gasteiger partial charge in [-0.15, -0.1) is 11.3 Å². The Morgan fingerprint density at radius 1 is 1.17 bits per heavy atom. The molecule has 8 heteroatoms. The predicted octanol–water partition coefficient (Wildman–Crippen LogP) is 3.32. The van der Waals surface area contributed by atoms with Crippen LogP contribution in [0.3, 0.4) is 0 Å². The first-order chi connectivity index (χ1) is 14.0. The molecule has 0 spiro atoms. The number of rotatable bonds is 4. The number of anilines is 2. The Morgan fingerprint density at radius 2 is 1.93 bits per heavy atom. The van der Waals surface area contributed by atoms with E-state index in [-0.39, 0.29) is 5.91 Å². The summed E-state index contributed by atoms with van der Waals surface area (Å²) in [6, 6.07) is 5.73. The summed E-state index contributed by atoms with van der Waals surface area (Å²) in [6.07, 6.45) is 1.59. The fourth-order valence-corrected chi connectivity index (χ4v) is 4.66. The molecule has 0 unspecified atom stereocenters. The third-order valence-electron chi connectivity index (χ3n) is 5.32. The number of carbonyl (C=O) groups is 1. The van der Waals surface area contributed by atoms with Gasteiger partial charge in [-0.2, -0.15) is 0 Å². The second-order valence-corrected chi connectivity index (χ2v) is 8.38. The highest BCUT2D eigenvalue weighted by Crippen LogP contribution is 2.36. The number of methoxy groups -OCH3 is 1. The summed E-state index contributed by atoms with van der Waals surface area (Å²) in [5.74, 6) is 1.41. The van der Waals surface area contributed by atoms with Crippen LogP contribution in [0.25, 0.3) is 10.2 Å². The van der Waals surface area contributed by atoms with Crippen LogP contribution in [0.4, 0.5) is 11.5 Å². The van der Waals surface area contributed by atoms with Gasteiger partial charge in [0.1, 0.15) is 22.7 Å². The first-order valence-electron chi connectivity index (χ1n) is 9.61. The molecule has 1 fully saturated rings. The SMILES string of the molecule is COc1ccc(C)cc1NC(=O)c1sc2ncnc(N3CCN(C)CC3)c2c1C. The van der Waals surface area contributed by atoms with Gasteiger partial charge in [0, 0.05) is 26.2 Å². The van der Waals surface area contributed by atoms with E-state index in [0.717, 1.165) is 53.3 Å². The maximum absolute atomic E-state index is 13.1. The van der Waals surface area contributed by atoms with Crippen LogP contribution in [-0.4, -0.2) is 61.1 Å². The number of aromatic nitrogens is 2. The van der Waals surface area contributed by atoms with Gasteiger partial charge in [-0.1, -0.05) is 6.07 Å². The van der Waals surface area contributed by atoms with Crippen LogP contribution < -0.4 is 15.0 Å². The summed E-state index contributed by atoms with van der Waals surface area (Å²) in [7, 11) is 3.73. The van der Waals surface area contributed by atoms with E-state index in [9.17, 15) is 4.79 Å². The molecule has 7 nitrogen and oxygen atoms in total. The van der Waals surface area contributed by atoms with Crippen LogP contribution in [0, 0.1) is 13.8 Å². The van der Waals surface area contributed by atoms with Crippen LogP contribution in [0.1, 0.15) is 20.8 Å². The van der Waals surface area contributed by atoms with Crippen LogP contribution >= 0.6 is 11.3 Å². The summed E-state index contributed by atoms with van der Waals surface area (Å²) >= 11 is 1.41. The summed E-state index contributed by atoms with van der Waals surface area (Å²) in [5.41, 5.74) is 2.64. The number of hydrogen-bond donors (Lipinski definition) is 1. The Morgan fingerprint density at radius 3 is 2.66 bits per heavy atom. The van der Waals surface area contributed by atoms with Gasteiger partial charge < -0.3 is 19.9 Å². The molecule has 1 aromatic carbocycles. The number of likely N-dealkylation sites (N-methyl/N-ethyl adjacent to an activating group) is 1. The lowest BCUT2D eigenvalue weighted by atomic mass is 10.1. The van der Waals surface area contributed by atoms with E-state index in [1.54, 1.807) is 13.4 Å². The zero-order valence-electron chi connectivity index (χ0n) is 17.2. The second kappa shape index (κ2) is 7.96. The highest BCUT2D eigenvalue weighted by atomic mass is 32.1. The van der Waals surface area contributed by atoms with Crippen LogP contribution in [-0.2, 0) is 0 Å². The van der Waals surface area contributed by atoms with Crippen molar-refractivity contribution in [3.05, 3.63) is 40.5 Å². The average Bonchev–Trinajstić information content (AvgIpc) is 3.06. The van der Waals surface area contributed by atoms with Gasteiger partial charge in [0.05, 0.1) is 23.1 Å². The molecule has 3 aromatic rings. The summed E-state index contributed by atoms with van der Waals surface area (Å²) in [4.78, 5) is 28.2. The highest BCUT2D eigenvalue weighted by Gasteiger charge is 2.24. The minimum atomic E-state index is -0.154. The van der Waals surface area contributed by atoms with Crippen LogP contribution in [0.5, 0.6) is 5.75 Å². The molecule has 1 aliphatic rings. The Kier molecular flexibility index (Phi) is 5.38. The first-order valence-corrected chi connectivity index (χ1v) is 10.4. The molecule has 1 amide bonds. The van der Waals surface area contributed by atoms with E-state index in [4.69, 9.17) is 4.74 Å². The maximum Gasteiger partial charge on any atom is 0.266 e. The van der Waals surface area contributed by atoms with E-state index in [1.165, 1.54) is 11.3 Å². The number of aryl methyl sites for hydroxylation is 2. The molecule has 152 valence electrons. The van der Waals surface area contributed by atoms with Crippen molar-refractivity contribution >= 4 is 39.0 Å². The lowest BCUT2D eigenvalue weighted by Gasteiger charge is -2.33. The van der Waals surface area contributed by atoms with Crippen molar-refractivity contribution in [2.24, 2.45) is 0 Å². The van der Waals surface area contributed by atoms with Crippen LogP contribution in [0.2, 0.25) is 0 Å². The number of fused-ring (bicyclic) bond motifs is 1. The minimum Gasteiger partial charge on any atom is -0.495 e. The third-order valence-corrected chi connectivity index (χ3v) is 6.52. The number of amides is 1. The predicted molar refractivity (Wildman–Crippen MR) is 118 cm³/mol. The summed E-state index contributed by atoms with van der Waals surface area (Å²) in [6.45, 7) is 7.78. The molecule has 1 saturated heterocycles. The van der Waals surface area contributed by atoms with Gasteiger partial charge in [-0.05, 0) is 44.2 Å². The average molecular weight is 412 g/mol. The van der Waals surface area contributed by atoms with Crippen LogP contribution in [0.15, 0.2) is 24.5 Å². The van der Waals surface area contributed by atoms with E-state index < -0.39 is 0 Å². The van der Waals surface area contributed by atoms with E-state index in [1.807, 2.05) is 32.0 Å². The molecule has 0 atom stereocenters. The number of piperazine rings is 1. The standard InChI is InChI=1S/C21H25N5O2S/c1-13-5-6-16(28-4)15(11-13)24-20(27)18-14(2)17-19(22-12-23-21(17)29-18)26-9-7-25(3)8-10-26/h5-6,11-12H,7-10H2,1-4H3,(H,24,27). The molecular weight excluding hydrogens is 386 g/mol. The number of carbonyl (C=O) groups excluding carboxylic acids is 1. The highest BCUT2D eigenvalue weighted by molar-refractivity contribution is 7.20. The van der Waals surface area contributed by atoms with Gasteiger partial charge in [0.2, 0.25) is 0 Å². The molecule has 2 aromatic heterocycles. The molecule has 1 aliphatic heterocycles. The topological polar surface area (TPSA) is 70.6 Å². The smallest absolute Gasteiger partial charge is 0.266 e. The minimum absolute atomic E-state index is 0.154. The van der Waals surface area contributed by atoms with E-state index in [0.29, 0.717) is 16.3 Å². The third kappa shape index (κ3) is 3.77. The van der Waals surface area contributed by atoms with E-state index >= 15 is 0 Å². The Balaban J connectivity index is 1.68. The molecule has 0 radical (unpaired) electrons. The molecule has 0 bridgehead atoms. The number of thiophene rings is 1. The zero-order chi connectivity index (χ0) is 20.5. The molecule has 4 rings (SSSR count). The first kappa shape index (κ1) is 19.6. The lowest BCUT2D eigenvalue weighted by molar-refractivity contribution is 0.102. The number of nitrogens with zero attached hydrogens (tertiary/aromatic N) is 4. The quantitative estimate of drug-likeness (QED) is 0.710. The van der Waals surface area contributed by atoms with Crippen molar-refractivity contribution in [1.29, 1.82) is 0 Å². The monoisotopic (exact) mass is 411 g/mol. The van der Waals surface area contributed by atoms with Gasteiger partial charge >= 0.3 is 0 Å². The van der Waals surface area contributed by atoms with Gasteiger partial charge in [-0.25, -0.2) is 9.97 Å². The fourth-order valence-electron chi connectivity index (χ4n) is 3.63. The zero-order valence-corrected chi connectivity index (χ0v) is 18.0. The summed E-state index contributed by atoms with van der Waals surface area (Å²) in [5, 5.41) is 3.98. The number of nitrogens with one attached hydrogen (secondary N) is 1. The largest absolute Gasteiger partial charge is 0.495 e. The molecule has 0 saturated carbocycles. The second-order valence-electron chi connectivity index (χ2n) is 7.38. The molecular formula is C21H25N5O2S. The number of hydrogen-bond acceptors (Lipinski definition) is 7. The Bertz CT molecular complexity index is 1060. The molecule has 1 N–H and O–H groups in total. The van der Waals surface area contributed by atoms with Crippen molar-refractivity contribution in [2.45, 2.75) is 13.8 Å². The van der Waals surface area contributed by atoms with Crippen molar-refractivity contribution < 1.29 is 9.53 Å².